The summed E-state index contributed by atoms with van der Waals surface area (Å²) in [6, 6.07) is 0.526. The van der Waals surface area contributed by atoms with Gasteiger partial charge in [-0.25, -0.2) is 0 Å². The molecule has 1 aliphatic rings. The Kier molecular flexibility index (Phi) is 6.41. The quantitative estimate of drug-likeness (QED) is 0.763. The molecule has 1 fully saturated rings. The third kappa shape index (κ3) is 4.81. The summed E-state index contributed by atoms with van der Waals surface area (Å²) in [6.07, 6.45) is 5.33. The molecule has 1 unspecified atom stereocenters. The molecule has 0 radical (unpaired) electrons. The van der Waals surface area contributed by atoms with Crippen LogP contribution in [-0.4, -0.2) is 36.5 Å². The van der Waals surface area contributed by atoms with E-state index in [2.05, 4.69) is 26.1 Å². The number of piperidine rings is 1. The maximum atomic E-state index is 12.2. The van der Waals surface area contributed by atoms with Gasteiger partial charge in [0.15, 0.2) is 0 Å². The van der Waals surface area contributed by atoms with E-state index < -0.39 is 0 Å². The lowest BCUT2D eigenvalue weighted by Crippen LogP contribution is -2.44. The van der Waals surface area contributed by atoms with E-state index in [-0.39, 0.29) is 5.91 Å². The van der Waals surface area contributed by atoms with Crippen LogP contribution < -0.4 is 5.32 Å². The maximum Gasteiger partial charge on any atom is 0.249 e. The van der Waals surface area contributed by atoms with Gasteiger partial charge in [0.2, 0.25) is 5.91 Å². The Hall–Kier alpha value is -0.830. The van der Waals surface area contributed by atoms with E-state index in [4.69, 9.17) is 0 Å². The van der Waals surface area contributed by atoms with Crippen LogP contribution in [0, 0.1) is 5.92 Å². The molecule has 1 amide bonds. The molecule has 0 aromatic rings. The van der Waals surface area contributed by atoms with Gasteiger partial charge in [-0.3, -0.25) is 4.79 Å². The Morgan fingerprint density at radius 3 is 2.83 bits per heavy atom. The number of hydrogen-bond acceptors (Lipinski definition) is 2. The highest BCUT2D eigenvalue weighted by molar-refractivity contribution is 5.92. The number of carbonyl (C=O) groups is 1. The average molecular weight is 252 g/mol. The van der Waals surface area contributed by atoms with Gasteiger partial charge < -0.3 is 10.2 Å². The van der Waals surface area contributed by atoms with Gasteiger partial charge >= 0.3 is 0 Å². The highest BCUT2D eigenvalue weighted by Gasteiger charge is 2.23. The molecule has 1 atom stereocenters. The normalized spacial score (nSPS) is 21.5. The minimum absolute atomic E-state index is 0.228. The maximum absolute atomic E-state index is 12.2. The van der Waals surface area contributed by atoms with Crippen molar-refractivity contribution in [1.29, 1.82) is 0 Å². The van der Waals surface area contributed by atoms with Crippen LogP contribution in [0.5, 0.6) is 0 Å². The standard InChI is InChI=1S/C15H28N2O/c1-5-7-13(4)15(18)17-9-6-8-14(11-17)10-16-12(2)3/h7,12,14,16H,5-6,8-11H2,1-4H3. The molecule has 0 spiro atoms. The number of rotatable bonds is 5. The molecule has 1 saturated heterocycles. The van der Waals surface area contributed by atoms with Crippen molar-refractivity contribution < 1.29 is 4.79 Å². The summed E-state index contributed by atoms with van der Waals surface area (Å²) in [7, 11) is 0. The summed E-state index contributed by atoms with van der Waals surface area (Å²) in [5.41, 5.74) is 0.898. The Labute approximate surface area is 112 Å². The summed E-state index contributed by atoms with van der Waals surface area (Å²) >= 11 is 0. The van der Waals surface area contributed by atoms with Gasteiger partial charge in [0.25, 0.3) is 0 Å². The van der Waals surface area contributed by atoms with Crippen molar-refractivity contribution in [3.8, 4) is 0 Å². The largest absolute Gasteiger partial charge is 0.339 e. The topological polar surface area (TPSA) is 32.3 Å². The van der Waals surface area contributed by atoms with Crippen LogP contribution in [0.3, 0.4) is 0 Å². The zero-order valence-corrected chi connectivity index (χ0v) is 12.3. The van der Waals surface area contributed by atoms with E-state index >= 15 is 0 Å². The minimum atomic E-state index is 0.228. The van der Waals surface area contributed by atoms with E-state index in [1.165, 1.54) is 6.42 Å². The molecule has 1 rings (SSSR count). The van der Waals surface area contributed by atoms with Gasteiger partial charge in [0.05, 0.1) is 0 Å². The molecule has 0 saturated carbocycles. The third-order valence-corrected chi connectivity index (χ3v) is 3.47. The van der Waals surface area contributed by atoms with E-state index in [0.717, 1.165) is 38.0 Å². The number of amides is 1. The lowest BCUT2D eigenvalue weighted by molar-refractivity contribution is -0.128. The number of nitrogens with zero attached hydrogens (tertiary/aromatic N) is 1. The molecule has 0 aliphatic carbocycles. The molecule has 104 valence electrons. The molecule has 3 heteroatoms. The third-order valence-electron chi connectivity index (χ3n) is 3.47. The second kappa shape index (κ2) is 7.57. The highest BCUT2D eigenvalue weighted by Crippen LogP contribution is 2.18. The second-order valence-corrected chi connectivity index (χ2v) is 5.62. The number of allylic oxidation sites excluding steroid dienone is 1. The smallest absolute Gasteiger partial charge is 0.249 e. The number of hydrogen-bond donors (Lipinski definition) is 1. The van der Waals surface area contributed by atoms with Crippen LogP contribution in [0.25, 0.3) is 0 Å². The molecular weight excluding hydrogens is 224 g/mol. The van der Waals surface area contributed by atoms with Crippen LogP contribution >= 0.6 is 0 Å². The molecule has 0 aromatic heterocycles. The van der Waals surface area contributed by atoms with E-state index in [1.807, 2.05) is 17.9 Å². The SMILES string of the molecule is CCC=C(C)C(=O)N1CCCC(CNC(C)C)C1. The summed E-state index contributed by atoms with van der Waals surface area (Å²) in [4.78, 5) is 14.2. The van der Waals surface area contributed by atoms with Crippen LogP contribution in [0.2, 0.25) is 0 Å². The van der Waals surface area contributed by atoms with Crippen molar-refractivity contribution in [2.45, 2.75) is 53.0 Å². The van der Waals surface area contributed by atoms with Crippen molar-refractivity contribution in [1.82, 2.24) is 10.2 Å². The van der Waals surface area contributed by atoms with E-state index in [1.54, 1.807) is 0 Å². The first-order valence-electron chi connectivity index (χ1n) is 7.24. The Bertz CT molecular complexity index is 297. The van der Waals surface area contributed by atoms with Crippen LogP contribution in [-0.2, 0) is 4.79 Å². The first-order valence-corrected chi connectivity index (χ1v) is 7.24. The summed E-state index contributed by atoms with van der Waals surface area (Å²) in [5.74, 6) is 0.839. The van der Waals surface area contributed by atoms with Crippen LogP contribution in [0.4, 0.5) is 0 Å². The van der Waals surface area contributed by atoms with Gasteiger partial charge in [-0.05, 0) is 38.6 Å². The van der Waals surface area contributed by atoms with Crippen molar-refractivity contribution in [3.05, 3.63) is 11.6 Å². The number of nitrogens with one attached hydrogen (secondary N) is 1. The summed E-state index contributed by atoms with van der Waals surface area (Å²) < 4.78 is 0. The zero-order chi connectivity index (χ0) is 13.5. The van der Waals surface area contributed by atoms with Gasteiger partial charge in [-0.2, -0.15) is 0 Å². The molecule has 1 heterocycles. The molecule has 1 N–H and O–H groups in total. The van der Waals surface area contributed by atoms with E-state index in [0.29, 0.717) is 12.0 Å². The van der Waals surface area contributed by atoms with Crippen LogP contribution in [0.15, 0.2) is 11.6 Å². The molecule has 0 aromatic carbocycles. The molecular formula is C15H28N2O. The average Bonchev–Trinajstić information content (AvgIpc) is 2.36. The Morgan fingerprint density at radius 1 is 1.50 bits per heavy atom. The lowest BCUT2D eigenvalue weighted by atomic mass is 9.97. The zero-order valence-electron chi connectivity index (χ0n) is 12.3. The van der Waals surface area contributed by atoms with E-state index in [9.17, 15) is 4.79 Å². The second-order valence-electron chi connectivity index (χ2n) is 5.62. The fourth-order valence-electron chi connectivity index (χ4n) is 2.46. The van der Waals surface area contributed by atoms with Gasteiger partial charge in [-0.1, -0.05) is 26.8 Å². The first-order chi connectivity index (χ1) is 8.54. The first kappa shape index (κ1) is 15.2. The molecule has 3 nitrogen and oxygen atoms in total. The van der Waals surface area contributed by atoms with Crippen molar-refractivity contribution in [2.75, 3.05) is 19.6 Å². The Morgan fingerprint density at radius 2 is 2.22 bits per heavy atom. The van der Waals surface area contributed by atoms with Gasteiger partial charge in [0.1, 0.15) is 0 Å². The van der Waals surface area contributed by atoms with Gasteiger partial charge in [0, 0.05) is 24.7 Å². The number of carbonyl (C=O) groups excluding carboxylic acids is 1. The summed E-state index contributed by atoms with van der Waals surface area (Å²) in [5, 5.41) is 3.48. The minimum Gasteiger partial charge on any atom is -0.339 e. The van der Waals surface area contributed by atoms with Crippen molar-refractivity contribution in [2.24, 2.45) is 5.92 Å². The van der Waals surface area contributed by atoms with Crippen LogP contribution in [0.1, 0.15) is 47.0 Å². The Balaban J connectivity index is 2.48. The van der Waals surface area contributed by atoms with Gasteiger partial charge in [-0.15, -0.1) is 0 Å². The molecule has 0 bridgehead atoms. The fourth-order valence-corrected chi connectivity index (χ4v) is 2.46. The lowest BCUT2D eigenvalue weighted by Gasteiger charge is -2.33. The predicted molar refractivity (Wildman–Crippen MR) is 76.5 cm³/mol. The highest BCUT2D eigenvalue weighted by atomic mass is 16.2. The number of likely N-dealkylation sites (tertiary alicyclic amines) is 1. The monoisotopic (exact) mass is 252 g/mol. The summed E-state index contributed by atoms with van der Waals surface area (Å²) in [6.45, 7) is 11.2. The van der Waals surface area contributed by atoms with Crippen molar-refractivity contribution in [3.63, 3.8) is 0 Å². The molecule has 1 aliphatic heterocycles. The molecule has 18 heavy (non-hydrogen) atoms. The fraction of sp³-hybridized carbons (Fsp3) is 0.800. The predicted octanol–water partition coefficient (Wildman–Crippen LogP) is 2.58. The van der Waals surface area contributed by atoms with Crippen molar-refractivity contribution >= 4 is 5.91 Å².